The lowest BCUT2D eigenvalue weighted by Gasteiger charge is -2.01. The standard InChI is InChI=1S/C10H9N6/c1-6(2)8-14-9(11-4)15-10-13-7(3)12-5-16(8)10/h5H,1H2,2-3H3/q+1. The van der Waals surface area contributed by atoms with Gasteiger partial charge in [0.15, 0.2) is 6.33 Å². The van der Waals surface area contributed by atoms with Crippen LogP contribution in [-0.2, 0) is 0 Å². The maximum Gasteiger partial charge on any atom is 0.351 e. The molecule has 16 heavy (non-hydrogen) atoms. The third-order valence-corrected chi connectivity index (χ3v) is 1.95. The minimum atomic E-state index is 0.0658. The Bertz CT molecular complexity index is 625. The predicted octanol–water partition coefficient (Wildman–Crippen LogP) is 0.898. The van der Waals surface area contributed by atoms with Crippen LogP contribution in [0.4, 0.5) is 5.95 Å². The topological polar surface area (TPSA) is 60.0 Å². The molecule has 78 valence electrons. The van der Waals surface area contributed by atoms with E-state index in [2.05, 4.69) is 31.4 Å². The Hall–Kier alpha value is -2.42. The number of hydrogen-bond donors (Lipinski definition) is 0. The van der Waals surface area contributed by atoms with Crippen molar-refractivity contribution in [3.05, 3.63) is 36.0 Å². The number of aryl methyl sites for hydroxylation is 1. The number of rotatable bonds is 1. The summed E-state index contributed by atoms with van der Waals surface area (Å²) in [4.78, 5) is 19.5. The molecule has 0 aliphatic carbocycles. The van der Waals surface area contributed by atoms with Gasteiger partial charge in [0.1, 0.15) is 0 Å². The quantitative estimate of drug-likeness (QED) is 0.521. The van der Waals surface area contributed by atoms with Crippen molar-refractivity contribution in [2.24, 2.45) is 0 Å². The van der Waals surface area contributed by atoms with E-state index < -0.39 is 0 Å². The first-order chi connectivity index (χ1) is 7.61. The zero-order valence-corrected chi connectivity index (χ0v) is 8.97. The normalized spacial score (nSPS) is 10.1. The van der Waals surface area contributed by atoms with Crippen LogP contribution in [0.1, 0.15) is 18.6 Å². The first-order valence-corrected chi connectivity index (χ1v) is 4.58. The molecule has 0 unspecified atom stereocenters. The number of fused-ring (bicyclic) bond motifs is 1. The van der Waals surface area contributed by atoms with Crippen molar-refractivity contribution >= 4 is 17.3 Å². The van der Waals surface area contributed by atoms with Crippen molar-refractivity contribution in [3.8, 4) is 0 Å². The van der Waals surface area contributed by atoms with E-state index in [-0.39, 0.29) is 5.95 Å². The zero-order chi connectivity index (χ0) is 11.7. The molecule has 2 aromatic rings. The Kier molecular flexibility index (Phi) is 2.29. The zero-order valence-electron chi connectivity index (χ0n) is 8.97. The van der Waals surface area contributed by atoms with E-state index in [1.165, 1.54) is 0 Å². The van der Waals surface area contributed by atoms with E-state index >= 15 is 0 Å². The van der Waals surface area contributed by atoms with Crippen molar-refractivity contribution in [2.45, 2.75) is 13.8 Å². The van der Waals surface area contributed by atoms with E-state index in [9.17, 15) is 0 Å². The van der Waals surface area contributed by atoms with Gasteiger partial charge in [0, 0.05) is 12.5 Å². The summed E-state index contributed by atoms with van der Waals surface area (Å²) in [5.41, 5.74) is 0.731. The van der Waals surface area contributed by atoms with E-state index in [0.29, 0.717) is 17.4 Å². The first kappa shape index (κ1) is 10.1. The molecule has 0 N–H and O–H groups in total. The van der Waals surface area contributed by atoms with Gasteiger partial charge in [0.05, 0.1) is 0 Å². The van der Waals surface area contributed by atoms with Crippen LogP contribution < -0.4 is 4.40 Å². The smallest absolute Gasteiger partial charge is 0.351 e. The first-order valence-electron chi connectivity index (χ1n) is 4.58. The van der Waals surface area contributed by atoms with Gasteiger partial charge >= 0.3 is 11.7 Å². The molecule has 2 heterocycles. The number of hydrogen-bond acceptors (Lipinski definition) is 4. The van der Waals surface area contributed by atoms with Crippen molar-refractivity contribution in [1.29, 1.82) is 0 Å². The van der Waals surface area contributed by atoms with Crippen LogP contribution in [0.2, 0.25) is 0 Å². The van der Waals surface area contributed by atoms with E-state index in [1.807, 2.05) is 6.92 Å². The fraction of sp³-hybridized carbons (Fsp3) is 0.200. The van der Waals surface area contributed by atoms with Crippen LogP contribution >= 0.6 is 0 Å². The maximum atomic E-state index is 6.93. The molecule has 0 saturated heterocycles. The Balaban J connectivity index is 2.88. The molecule has 0 atom stereocenters. The second-order valence-electron chi connectivity index (χ2n) is 3.31. The second-order valence-corrected chi connectivity index (χ2v) is 3.31. The van der Waals surface area contributed by atoms with Crippen LogP contribution in [0.5, 0.6) is 0 Å². The lowest BCUT2D eigenvalue weighted by atomic mass is 10.3. The minimum Gasteiger partial charge on any atom is -0.405 e. The Morgan fingerprint density at radius 2 is 2.19 bits per heavy atom. The summed E-state index contributed by atoms with van der Waals surface area (Å²) in [6, 6.07) is 0. The molecule has 0 fully saturated rings. The Morgan fingerprint density at radius 1 is 1.44 bits per heavy atom. The lowest BCUT2D eigenvalue weighted by Crippen LogP contribution is -2.31. The van der Waals surface area contributed by atoms with Crippen LogP contribution in [0.3, 0.4) is 0 Å². The summed E-state index contributed by atoms with van der Waals surface area (Å²) in [5, 5.41) is 0. The molecule has 2 aromatic heterocycles. The molecule has 0 radical (unpaired) electrons. The molecule has 6 nitrogen and oxygen atoms in total. The molecule has 0 bridgehead atoms. The van der Waals surface area contributed by atoms with Gasteiger partial charge in [-0.15, -0.1) is 21.5 Å². The van der Waals surface area contributed by atoms with E-state index in [4.69, 9.17) is 6.57 Å². The molecule has 0 saturated carbocycles. The molecule has 0 aromatic carbocycles. The van der Waals surface area contributed by atoms with Gasteiger partial charge in [0.2, 0.25) is 11.6 Å². The molecule has 0 spiro atoms. The van der Waals surface area contributed by atoms with Crippen LogP contribution in [-0.4, -0.2) is 19.9 Å². The summed E-state index contributed by atoms with van der Waals surface area (Å²) in [6.45, 7) is 14.3. The maximum absolute atomic E-state index is 6.93. The molecule has 0 amide bonds. The molecular formula is C10H9N6+. The van der Waals surface area contributed by atoms with Crippen LogP contribution in [0, 0.1) is 13.5 Å². The molecule has 6 heteroatoms. The van der Waals surface area contributed by atoms with Crippen LogP contribution in [0.15, 0.2) is 12.9 Å². The van der Waals surface area contributed by atoms with Gasteiger partial charge in [-0.3, -0.25) is 0 Å². The fourth-order valence-electron chi connectivity index (χ4n) is 1.26. The largest absolute Gasteiger partial charge is 0.405 e. The Labute approximate surface area is 92.2 Å². The fourth-order valence-corrected chi connectivity index (χ4v) is 1.26. The van der Waals surface area contributed by atoms with Gasteiger partial charge in [-0.05, 0) is 6.92 Å². The number of allylic oxidation sites excluding steroid dienone is 1. The summed E-state index contributed by atoms with van der Waals surface area (Å²) in [5.74, 6) is 1.63. The van der Waals surface area contributed by atoms with E-state index in [1.54, 1.807) is 17.7 Å². The summed E-state index contributed by atoms with van der Waals surface area (Å²) in [6.07, 6.45) is 1.58. The van der Waals surface area contributed by atoms with Crippen molar-refractivity contribution < 1.29 is 4.40 Å². The highest BCUT2D eigenvalue weighted by atomic mass is 15.2. The average molecular weight is 213 g/mol. The number of nitrogens with zero attached hydrogens (tertiary/aromatic N) is 6. The monoisotopic (exact) mass is 213 g/mol. The van der Waals surface area contributed by atoms with Gasteiger partial charge < -0.3 is 4.85 Å². The highest BCUT2D eigenvalue weighted by molar-refractivity contribution is 5.53. The summed E-state index contributed by atoms with van der Waals surface area (Å²) >= 11 is 0. The third kappa shape index (κ3) is 1.59. The number of aromatic nitrogens is 5. The summed E-state index contributed by atoms with van der Waals surface area (Å²) in [7, 11) is 0. The van der Waals surface area contributed by atoms with Crippen molar-refractivity contribution in [1.82, 2.24) is 19.9 Å². The lowest BCUT2D eigenvalue weighted by molar-refractivity contribution is -0.528. The average Bonchev–Trinajstić information content (AvgIpc) is 2.26. The molecular weight excluding hydrogens is 204 g/mol. The van der Waals surface area contributed by atoms with Gasteiger partial charge in [-0.25, -0.2) is 0 Å². The van der Waals surface area contributed by atoms with Gasteiger partial charge in [-0.2, -0.15) is 9.38 Å². The van der Waals surface area contributed by atoms with Gasteiger partial charge in [0.25, 0.3) is 0 Å². The van der Waals surface area contributed by atoms with Gasteiger partial charge in [-0.1, -0.05) is 6.58 Å². The SMILES string of the molecule is [C-]#[N+]c1nc(C(=C)C)[n+]2cnc(C)nc2n1. The highest BCUT2D eigenvalue weighted by Crippen LogP contribution is 2.08. The van der Waals surface area contributed by atoms with Crippen molar-refractivity contribution in [2.75, 3.05) is 0 Å². The minimum absolute atomic E-state index is 0.0658. The van der Waals surface area contributed by atoms with E-state index in [0.717, 1.165) is 5.57 Å². The predicted molar refractivity (Wildman–Crippen MR) is 56.5 cm³/mol. The third-order valence-electron chi connectivity index (χ3n) is 1.95. The second kappa shape index (κ2) is 3.62. The molecule has 0 aliphatic rings. The molecule has 0 aliphatic heterocycles. The highest BCUT2D eigenvalue weighted by Gasteiger charge is 2.13. The van der Waals surface area contributed by atoms with Crippen molar-refractivity contribution in [3.63, 3.8) is 0 Å². The Morgan fingerprint density at radius 3 is 2.81 bits per heavy atom. The van der Waals surface area contributed by atoms with Crippen LogP contribution in [0.25, 0.3) is 16.2 Å². The summed E-state index contributed by atoms with van der Waals surface area (Å²) < 4.78 is 1.62. The molecule has 2 rings (SSSR count).